The van der Waals surface area contributed by atoms with Crippen LogP contribution in [0.1, 0.15) is 52.4 Å². The lowest BCUT2D eigenvalue weighted by atomic mass is 10.2. The topological polar surface area (TPSA) is 72.8 Å². The molecule has 0 bridgehead atoms. The summed E-state index contributed by atoms with van der Waals surface area (Å²) in [5.74, 6) is -0.762. The highest BCUT2D eigenvalue weighted by atomic mass is 16.6. The SMILES string of the molecule is CC/C=C\C/C=C\C/C=C\CCC(=O)OCC(O)COC(=O)CC. The zero-order chi connectivity index (χ0) is 18.0. The molecule has 0 aliphatic carbocycles. The van der Waals surface area contributed by atoms with E-state index in [1.807, 2.05) is 12.2 Å². The van der Waals surface area contributed by atoms with Gasteiger partial charge in [0.1, 0.15) is 19.3 Å². The van der Waals surface area contributed by atoms with Gasteiger partial charge < -0.3 is 14.6 Å². The molecule has 136 valence electrons. The summed E-state index contributed by atoms with van der Waals surface area (Å²) in [4.78, 5) is 22.4. The van der Waals surface area contributed by atoms with Gasteiger partial charge in [-0.1, -0.05) is 50.3 Å². The number of aliphatic hydroxyl groups excluding tert-OH is 1. The second-order valence-electron chi connectivity index (χ2n) is 5.21. The Morgan fingerprint density at radius 3 is 2.00 bits per heavy atom. The molecule has 0 spiro atoms. The van der Waals surface area contributed by atoms with Gasteiger partial charge in [-0.15, -0.1) is 0 Å². The number of carbonyl (C=O) groups is 2. The third-order valence-corrected chi connectivity index (χ3v) is 2.96. The number of hydrogen-bond donors (Lipinski definition) is 1. The monoisotopic (exact) mass is 338 g/mol. The van der Waals surface area contributed by atoms with Crippen LogP contribution < -0.4 is 0 Å². The molecule has 0 radical (unpaired) electrons. The Morgan fingerprint density at radius 1 is 0.875 bits per heavy atom. The second-order valence-corrected chi connectivity index (χ2v) is 5.21. The van der Waals surface area contributed by atoms with Gasteiger partial charge in [0.2, 0.25) is 0 Å². The quantitative estimate of drug-likeness (QED) is 0.411. The summed E-state index contributed by atoms with van der Waals surface area (Å²) < 4.78 is 9.67. The van der Waals surface area contributed by atoms with Crippen molar-refractivity contribution in [2.45, 2.75) is 58.5 Å². The number of hydrogen-bond acceptors (Lipinski definition) is 5. The zero-order valence-corrected chi connectivity index (χ0v) is 14.8. The van der Waals surface area contributed by atoms with Crippen LogP contribution in [0.15, 0.2) is 36.5 Å². The van der Waals surface area contributed by atoms with E-state index in [1.54, 1.807) is 6.92 Å². The number of rotatable bonds is 13. The molecular weight excluding hydrogens is 308 g/mol. The predicted molar refractivity (Wildman–Crippen MR) is 94.4 cm³/mol. The van der Waals surface area contributed by atoms with Crippen molar-refractivity contribution in [3.63, 3.8) is 0 Å². The molecule has 0 aliphatic rings. The standard InChI is InChI=1S/C19H30O5/c1-3-5-6-7-8-9-10-11-12-13-14-19(22)24-16-17(20)15-23-18(21)4-2/h5-6,8-9,11-12,17,20H,3-4,7,10,13-16H2,1-2H3/b6-5-,9-8-,12-11-. The third kappa shape index (κ3) is 15.0. The molecule has 0 aromatic heterocycles. The average Bonchev–Trinajstić information content (AvgIpc) is 2.59. The Hall–Kier alpha value is -1.88. The van der Waals surface area contributed by atoms with E-state index in [1.165, 1.54) is 0 Å². The van der Waals surface area contributed by atoms with Crippen molar-refractivity contribution >= 4 is 11.9 Å². The molecule has 5 nitrogen and oxygen atoms in total. The van der Waals surface area contributed by atoms with Gasteiger partial charge in [-0.2, -0.15) is 0 Å². The molecule has 0 aliphatic heterocycles. The molecule has 5 heteroatoms. The number of carbonyl (C=O) groups excluding carboxylic acids is 2. The van der Waals surface area contributed by atoms with Gasteiger partial charge in [-0.05, 0) is 25.7 Å². The first kappa shape index (κ1) is 22.1. The zero-order valence-electron chi connectivity index (χ0n) is 14.8. The summed E-state index contributed by atoms with van der Waals surface area (Å²) in [6.07, 6.45) is 15.4. The molecule has 0 amide bonds. The smallest absolute Gasteiger partial charge is 0.306 e. The Bertz CT molecular complexity index is 423. The summed E-state index contributed by atoms with van der Waals surface area (Å²) in [6, 6.07) is 0. The van der Waals surface area contributed by atoms with Gasteiger partial charge in [0, 0.05) is 12.8 Å². The molecule has 0 rings (SSSR count). The van der Waals surface area contributed by atoms with Crippen LogP contribution in [0, 0.1) is 0 Å². The first-order valence-electron chi connectivity index (χ1n) is 8.54. The van der Waals surface area contributed by atoms with Crippen LogP contribution in [-0.4, -0.2) is 36.4 Å². The Balaban J connectivity index is 3.63. The van der Waals surface area contributed by atoms with Crippen molar-refractivity contribution in [3.05, 3.63) is 36.5 Å². The van der Waals surface area contributed by atoms with Crippen molar-refractivity contribution in [1.82, 2.24) is 0 Å². The van der Waals surface area contributed by atoms with Crippen molar-refractivity contribution in [3.8, 4) is 0 Å². The summed E-state index contributed by atoms with van der Waals surface area (Å²) >= 11 is 0. The normalized spacial score (nSPS) is 13.0. The lowest BCUT2D eigenvalue weighted by Crippen LogP contribution is -2.25. The molecule has 24 heavy (non-hydrogen) atoms. The fraction of sp³-hybridized carbons (Fsp3) is 0.579. The van der Waals surface area contributed by atoms with Crippen molar-refractivity contribution < 1.29 is 24.2 Å². The molecule has 1 N–H and O–H groups in total. The van der Waals surface area contributed by atoms with E-state index in [0.29, 0.717) is 6.42 Å². The van der Waals surface area contributed by atoms with E-state index in [9.17, 15) is 14.7 Å². The summed E-state index contributed by atoms with van der Waals surface area (Å²) in [6.45, 7) is 3.46. The second kappa shape index (κ2) is 16.0. The highest BCUT2D eigenvalue weighted by molar-refractivity contribution is 5.69. The van der Waals surface area contributed by atoms with E-state index >= 15 is 0 Å². The summed E-state index contributed by atoms with van der Waals surface area (Å²) in [7, 11) is 0. The highest BCUT2D eigenvalue weighted by Gasteiger charge is 2.10. The Labute approximate surface area is 145 Å². The van der Waals surface area contributed by atoms with Crippen LogP contribution >= 0.6 is 0 Å². The van der Waals surface area contributed by atoms with Gasteiger partial charge in [0.25, 0.3) is 0 Å². The van der Waals surface area contributed by atoms with Gasteiger partial charge in [-0.3, -0.25) is 9.59 Å². The molecule has 0 saturated carbocycles. The lowest BCUT2D eigenvalue weighted by molar-refractivity contribution is -0.152. The fourth-order valence-corrected chi connectivity index (χ4v) is 1.63. The lowest BCUT2D eigenvalue weighted by Gasteiger charge is -2.11. The highest BCUT2D eigenvalue weighted by Crippen LogP contribution is 1.99. The van der Waals surface area contributed by atoms with Crippen LogP contribution in [0.5, 0.6) is 0 Å². The maximum atomic E-state index is 11.5. The molecule has 0 heterocycles. The first-order valence-corrected chi connectivity index (χ1v) is 8.54. The molecular formula is C19H30O5. The maximum Gasteiger partial charge on any atom is 0.306 e. The van der Waals surface area contributed by atoms with Crippen LogP contribution in [-0.2, 0) is 19.1 Å². The molecule has 0 fully saturated rings. The van der Waals surface area contributed by atoms with Gasteiger partial charge in [0.15, 0.2) is 0 Å². The fourth-order valence-electron chi connectivity index (χ4n) is 1.63. The van der Waals surface area contributed by atoms with Crippen LogP contribution in [0.25, 0.3) is 0 Å². The van der Waals surface area contributed by atoms with Crippen molar-refractivity contribution in [2.24, 2.45) is 0 Å². The first-order chi connectivity index (χ1) is 11.6. The third-order valence-electron chi connectivity index (χ3n) is 2.96. The number of allylic oxidation sites excluding steroid dienone is 6. The Morgan fingerprint density at radius 2 is 1.42 bits per heavy atom. The van der Waals surface area contributed by atoms with E-state index in [0.717, 1.165) is 19.3 Å². The van der Waals surface area contributed by atoms with E-state index in [4.69, 9.17) is 9.47 Å². The minimum Gasteiger partial charge on any atom is -0.463 e. The molecule has 0 aromatic rings. The van der Waals surface area contributed by atoms with Gasteiger partial charge in [0.05, 0.1) is 0 Å². The van der Waals surface area contributed by atoms with E-state index in [-0.39, 0.29) is 38.0 Å². The summed E-state index contributed by atoms with van der Waals surface area (Å²) in [5.41, 5.74) is 0. The van der Waals surface area contributed by atoms with Gasteiger partial charge in [-0.25, -0.2) is 0 Å². The predicted octanol–water partition coefficient (Wildman–Crippen LogP) is 3.48. The largest absolute Gasteiger partial charge is 0.463 e. The van der Waals surface area contributed by atoms with Crippen LogP contribution in [0.3, 0.4) is 0 Å². The van der Waals surface area contributed by atoms with Crippen LogP contribution in [0.2, 0.25) is 0 Å². The van der Waals surface area contributed by atoms with E-state index < -0.39 is 6.10 Å². The number of esters is 2. The van der Waals surface area contributed by atoms with E-state index in [2.05, 4.69) is 31.2 Å². The molecule has 1 atom stereocenters. The minimum absolute atomic E-state index is 0.153. The Kier molecular flexibility index (Phi) is 14.7. The maximum absolute atomic E-state index is 11.5. The molecule has 0 saturated heterocycles. The van der Waals surface area contributed by atoms with Gasteiger partial charge >= 0.3 is 11.9 Å². The summed E-state index contributed by atoms with van der Waals surface area (Å²) in [5, 5.41) is 9.51. The van der Waals surface area contributed by atoms with Crippen molar-refractivity contribution in [1.29, 1.82) is 0 Å². The number of aliphatic hydroxyl groups is 1. The van der Waals surface area contributed by atoms with Crippen molar-refractivity contribution in [2.75, 3.05) is 13.2 Å². The molecule has 1 unspecified atom stereocenters. The number of ether oxygens (including phenoxy) is 2. The van der Waals surface area contributed by atoms with Crippen LogP contribution in [0.4, 0.5) is 0 Å². The minimum atomic E-state index is -0.980. The average molecular weight is 338 g/mol. The molecule has 0 aromatic carbocycles.